The molecule has 0 radical (unpaired) electrons. The van der Waals surface area contributed by atoms with Crippen molar-refractivity contribution in [3.63, 3.8) is 0 Å². The second-order valence-electron chi connectivity index (χ2n) is 7.99. The van der Waals surface area contributed by atoms with E-state index in [4.69, 9.17) is 9.47 Å². The number of hydrogen-bond donors (Lipinski definition) is 0. The molecule has 6 nitrogen and oxygen atoms in total. The topological polar surface area (TPSA) is 59.1 Å². The van der Waals surface area contributed by atoms with Crippen molar-refractivity contribution in [3.8, 4) is 0 Å². The summed E-state index contributed by atoms with van der Waals surface area (Å²) < 4.78 is 10.3. The third-order valence-corrected chi connectivity index (χ3v) is 4.66. The van der Waals surface area contributed by atoms with E-state index in [2.05, 4.69) is 29.2 Å². The van der Waals surface area contributed by atoms with Gasteiger partial charge in [0, 0.05) is 32.2 Å². The molecule has 0 saturated carbocycles. The molecule has 0 spiro atoms. The zero-order valence-electron chi connectivity index (χ0n) is 16.9. The second-order valence-corrected chi connectivity index (χ2v) is 7.99. The van der Waals surface area contributed by atoms with Gasteiger partial charge in [-0.15, -0.1) is 0 Å². The first kappa shape index (κ1) is 21.2. The van der Waals surface area contributed by atoms with Crippen molar-refractivity contribution < 1.29 is 19.1 Å². The minimum absolute atomic E-state index is 0.0801. The van der Waals surface area contributed by atoms with E-state index in [9.17, 15) is 9.59 Å². The zero-order chi connectivity index (χ0) is 19.9. The lowest BCUT2D eigenvalue weighted by atomic mass is 10.0. The van der Waals surface area contributed by atoms with Gasteiger partial charge in [-0.25, -0.2) is 4.79 Å². The number of carbonyl (C=O) groups is 2. The molecule has 1 amide bonds. The Morgan fingerprint density at radius 2 is 1.78 bits per heavy atom. The molecule has 1 aliphatic heterocycles. The maximum atomic E-state index is 12.7. The number of amides is 1. The third-order valence-electron chi connectivity index (χ3n) is 4.66. The molecule has 1 fully saturated rings. The van der Waals surface area contributed by atoms with E-state index in [-0.39, 0.29) is 24.5 Å². The fraction of sp³-hybridized carbons (Fsp3) is 0.619. The Hall–Kier alpha value is -2.08. The summed E-state index contributed by atoms with van der Waals surface area (Å²) >= 11 is 0. The Morgan fingerprint density at radius 1 is 1.15 bits per heavy atom. The second kappa shape index (κ2) is 9.74. The van der Waals surface area contributed by atoms with Gasteiger partial charge in [-0.2, -0.15) is 0 Å². The first-order valence-corrected chi connectivity index (χ1v) is 9.61. The summed E-state index contributed by atoms with van der Waals surface area (Å²) in [6.07, 6.45) is 1.56. The smallest absolute Gasteiger partial charge is 0.410 e. The first-order valence-electron chi connectivity index (χ1n) is 9.61. The van der Waals surface area contributed by atoms with Crippen molar-refractivity contribution in [1.82, 2.24) is 9.80 Å². The number of piperidine rings is 1. The predicted octanol–water partition coefficient (Wildman–Crippen LogP) is 3.45. The number of likely N-dealkylation sites (tertiary alicyclic amines) is 1. The average molecular weight is 376 g/mol. The SMILES string of the molecule is COC(=O)CCN(C(=O)OC(C)(C)C)C1CCN(Cc2ccccc2)CC1. The summed E-state index contributed by atoms with van der Waals surface area (Å²) in [6, 6.07) is 10.5. The van der Waals surface area contributed by atoms with Gasteiger partial charge in [0.2, 0.25) is 0 Å². The van der Waals surface area contributed by atoms with E-state index in [1.807, 2.05) is 26.8 Å². The van der Waals surface area contributed by atoms with Crippen LogP contribution in [0.1, 0.15) is 45.6 Å². The lowest BCUT2D eigenvalue weighted by Gasteiger charge is -2.39. The number of rotatable bonds is 6. The van der Waals surface area contributed by atoms with E-state index in [1.165, 1.54) is 12.7 Å². The van der Waals surface area contributed by atoms with Crippen LogP contribution in [0.25, 0.3) is 0 Å². The first-order chi connectivity index (χ1) is 12.8. The Kier molecular flexibility index (Phi) is 7.66. The number of hydrogen-bond acceptors (Lipinski definition) is 5. The average Bonchev–Trinajstić information content (AvgIpc) is 2.62. The highest BCUT2D eigenvalue weighted by Gasteiger charge is 2.31. The predicted molar refractivity (Wildman–Crippen MR) is 104 cm³/mol. The quantitative estimate of drug-likeness (QED) is 0.712. The van der Waals surface area contributed by atoms with Crippen molar-refractivity contribution >= 4 is 12.1 Å². The number of carbonyl (C=O) groups excluding carboxylic acids is 2. The zero-order valence-corrected chi connectivity index (χ0v) is 16.9. The normalized spacial score (nSPS) is 16.0. The fourth-order valence-corrected chi connectivity index (χ4v) is 3.29. The highest BCUT2D eigenvalue weighted by molar-refractivity contribution is 5.72. The molecule has 0 aromatic heterocycles. The summed E-state index contributed by atoms with van der Waals surface area (Å²) in [4.78, 5) is 28.3. The lowest BCUT2D eigenvalue weighted by molar-refractivity contribution is -0.141. The summed E-state index contributed by atoms with van der Waals surface area (Å²) in [5.74, 6) is -0.315. The number of ether oxygens (including phenoxy) is 2. The highest BCUT2D eigenvalue weighted by atomic mass is 16.6. The molecule has 1 aliphatic rings. The monoisotopic (exact) mass is 376 g/mol. The van der Waals surface area contributed by atoms with Gasteiger partial charge in [0.25, 0.3) is 0 Å². The molecule has 1 saturated heterocycles. The van der Waals surface area contributed by atoms with E-state index < -0.39 is 5.60 Å². The molecular weight excluding hydrogens is 344 g/mol. The van der Waals surface area contributed by atoms with Crippen LogP contribution in [0, 0.1) is 0 Å². The number of benzene rings is 1. The molecule has 0 atom stereocenters. The van der Waals surface area contributed by atoms with E-state index >= 15 is 0 Å². The molecule has 1 aromatic carbocycles. The van der Waals surface area contributed by atoms with Gasteiger partial charge in [-0.05, 0) is 39.2 Å². The number of nitrogens with zero attached hydrogens (tertiary/aromatic N) is 2. The van der Waals surface area contributed by atoms with Crippen LogP contribution in [0.2, 0.25) is 0 Å². The Morgan fingerprint density at radius 3 is 2.33 bits per heavy atom. The molecule has 0 N–H and O–H groups in total. The van der Waals surface area contributed by atoms with Crippen molar-refractivity contribution in [2.24, 2.45) is 0 Å². The maximum Gasteiger partial charge on any atom is 0.410 e. The minimum atomic E-state index is -0.561. The molecule has 0 bridgehead atoms. The molecule has 0 aliphatic carbocycles. The van der Waals surface area contributed by atoms with E-state index in [0.717, 1.165) is 32.5 Å². The Labute approximate surface area is 162 Å². The molecule has 1 heterocycles. The van der Waals surface area contributed by atoms with Crippen molar-refractivity contribution in [3.05, 3.63) is 35.9 Å². The number of esters is 1. The highest BCUT2D eigenvalue weighted by Crippen LogP contribution is 2.21. The maximum absolute atomic E-state index is 12.7. The largest absolute Gasteiger partial charge is 0.469 e. The van der Waals surface area contributed by atoms with Crippen LogP contribution in [-0.4, -0.2) is 60.2 Å². The molecule has 2 rings (SSSR count). The van der Waals surface area contributed by atoms with Crippen LogP contribution in [0.15, 0.2) is 30.3 Å². The van der Waals surface area contributed by atoms with Crippen molar-refractivity contribution in [2.45, 2.75) is 58.2 Å². The number of methoxy groups -OCH3 is 1. The third kappa shape index (κ3) is 7.21. The Bertz CT molecular complexity index is 604. The van der Waals surface area contributed by atoms with Gasteiger partial charge < -0.3 is 14.4 Å². The molecule has 27 heavy (non-hydrogen) atoms. The van der Waals surface area contributed by atoms with Crippen molar-refractivity contribution in [2.75, 3.05) is 26.7 Å². The lowest BCUT2D eigenvalue weighted by Crippen LogP contribution is -2.49. The van der Waals surface area contributed by atoms with Gasteiger partial charge in [0.05, 0.1) is 13.5 Å². The van der Waals surface area contributed by atoms with E-state index in [0.29, 0.717) is 6.54 Å². The molecular formula is C21H32N2O4. The van der Waals surface area contributed by atoms with Gasteiger partial charge in [0.1, 0.15) is 5.60 Å². The summed E-state index contributed by atoms with van der Waals surface area (Å²) in [5.41, 5.74) is 0.736. The van der Waals surface area contributed by atoms with Crippen LogP contribution in [0.3, 0.4) is 0 Å². The van der Waals surface area contributed by atoms with E-state index in [1.54, 1.807) is 4.90 Å². The molecule has 1 aromatic rings. The van der Waals surface area contributed by atoms with Gasteiger partial charge >= 0.3 is 12.1 Å². The summed E-state index contributed by atoms with van der Waals surface area (Å²) in [7, 11) is 1.36. The van der Waals surface area contributed by atoms with Crippen LogP contribution in [-0.2, 0) is 20.8 Å². The van der Waals surface area contributed by atoms with Crippen LogP contribution in [0.4, 0.5) is 4.79 Å². The minimum Gasteiger partial charge on any atom is -0.469 e. The summed E-state index contributed by atoms with van der Waals surface area (Å²) in [5, 5.41) is 0. The Balaban J connectivity index is 1.94. The van der Waals surface area contributed by atoms with Crippen LogP contribution in [0.5, 0.6) is 0 Å². The van der Waals surface area contributed by atoms with Crippen LogP contribution >= 0.6 is 0 Å². The van der Waals surface area contributed by atoms with Crippen LogP contribution < -0.4 is 0 Å². The van der Waals surface area contributed by atoms with Gasteiger partial charge in [0.15, 0.2) is 0 Å². The summed E-state index contributed by atoms with van der Waals surface area (Å²) in [6.45, 7) is 8.63. The molecule has 150 valence electrons. The standard InChI is InChI=1S/C21H32N2O4/c1-21(2,3)27-20(25)23(15-12-19(24)26-4)18-10-13-22(14-11-18)16-17-8-6-5-7-9-17/h5-9,18H,10-16H2,1-4H3. The van der Waals surface area contributed by atoms with Gasteiger partial charge in [-0.1, -0.05) is 30.3 Å². The van der Waals surface area contributed by atoms with Gasteiger partial charge in [-0.3, -0.25) is 9.69 Å². The molecule has 6 heteroatoms. The fourth-order valence-electron chi connectivity index (χ4n) is 3.29. The molecule has 0 unspecified atom stereocenters. The van der Waals surface area contributed by atoms with Crippen molar-refractivity contribution in [1.29, 1.82) is 0 Å².